The highest BCUT2D eigenvalue weighted by Crippen LogP contribution is 2.30. The molecular formula is C11H11FO5. The minimum atomic E-state index is -1.14. The van der Waals surface area contributed by atoms with E-state index in [2.05, 4.69) is 4.74 Å². The van der Waals surface area contributed by atoms with Crippen LogP contribution in [-0.2, 0) is 9.53 Å². The zero-order valence-corrected chi connectivity index (χ0v) is 9.57. The lowest BCUT2D eigenvalue weighted by atomic mass is 10.1. The van der Waals surface area contributed by atoms with Gasteiger partial charge in [0.05, 0.1) is 26.9 Å². The van der Waals surface area contributed by atoms with Crippen LogP contribution in [0.15, 0.2) is 12.1 Å². The summed E-state index contributed by atoms with van der Waals surface area (Å²) in [7, 11) is 3.71. The summed E-state index contributed by atoms with van der Waals surface area (Å²) in [5.74, 6) is -2.81. The molecule has 0 aromatic heterocycles. The van der Waals surface area contributed by atoms with E-state index < -0.39 is 23.1 Å². The van der Waals surface area contributed by atoms with Crippen LogP contribution in [0, 0.1) is 5.82 Å². The maximum atomic E-state index is 13.5. The molecule has 0 N–H and O–H groups in total. The molecule has 5 nitrogen and oxygen atoms in total. The van der Waals surface area contributed by atoms with Crippen molar-refractivity contribution in [3.8, 4) is 11.5 Å². The first-order valence-electron chi connectivity index (χ1n) is 4.59. The summed E-state index contributed by atoms with van der Waals surface area (Å²) in [4.78, 5) is 22.5. The number of carbonyl (C=O) groups excluding carboxylic acids is 2. The molecule has 0 aliphatic heterocycles. The van der Waals surface area contributed by atoms with Crippen molar-refractivity contribution in [2.24, 2.45) is 0 Å². The molecule has 6 heteroatoms. The van der Waals surface area contributed by atoms with E-state index in [0.717, 1.165) is 19.2 Å². The van der Waals surface area contributed by atoms with Crippen LogP contribution in [0.3, 0.4) is 0 Å². The molecule has 1 aromatic rings. The Morgan fingerprint density at radius 2 is 1.59 bits per heavy atom. The van der Waals surface area contributed by atoms with Crippen molar-refractivity contribution in [3.63, 3.8) is 0 Å². The van der Waals surface area contributed by atoms with Crippen LogP contribution in [0.5, 0.6) is 11.5 Å². The van der Waals surface area contributed by atoms with Gasteiger partial charge in [-0.05, 0) is 6.07 Å². The molecule has 0 unspecified atom stereocenters. The second kappa shape index (κ2) is 5.29. The highest BCUT2D eigenvalue weighted by molar-refractivity contribution is 6.40. The number of hydrogen-bond acceptors (Lipinski definition) is 5. The summed E-state index contributed by atoms with van der Waals surface area (Å²) in [6.07, 6.45) is 0. The van der Waals surface area contributed by atoms with Gasteiger partial charge >= 0.3 is 5.97 Å². The molecular weight excluding hydrogens is 231 g/mol. The Kier molecular flexibility index (Phi) is 4.03. The molecule has 0 saturated heterocycles. The zero-order chi connectivity index (χ0) is 13.0. The van der Waals surface area contributed by atoms with Crippen LogP contribution in [0.1, 0.15) is 10.4 Å². The van der Waals surface area contributed by atoms with Crippen LogP contribution in [-0.4, -0.2) is 33.1 Å². The summed E-state index contributed by atoms with van der Waals surface area (Å²) >= 11 is 0. The summed E-state index contributed by atoms with van der Waals surface area (Å²) in [6, 6.07) is 2.06. The average molecular weight is 242 g/mol. The molecule has 17 heavy (non-hydrogen) atoms. The number of rotatable bonds is 4. The van der Waals surface area contributed by atoms with Gasteiger partial charge in [-0.3, -0.25) is 4.79 Å². The summed E-state index contributed by atoms with van der Waals surface area (Å²) in [6.45, 7) is 0. The highest BCUT2D eigenvalue weighted by atomic mass is 19.1. The Morgan fingerprint density at radius 3 is 2.06 bits per heavy atom. The van der Waals surface area contributed by atoms with Gasteiger partial charge in [-0.2, -0.15) is 0 Å². The Labute approximate surface area is 97.1 Å². The summed E-state index contributed by atoms with van der Waals surface area (Å²) < 4.78 is 27.5. The molecule has 0 saturated carbocycles. The van der Waals surface area contributed by atoms with Crippen molar-refractivity contribution in [2.75, 3.05) is 21.3 Å². The number of esters is 1. The number of benzene rings is 1. The second-order valence-electron chi connectivity index (χ2n) is 3.01. The quantitative estimate of drug-likeness (QED) is 0.451. The number of methoxy groups -OCH3 is 3. The fourth-order valence-electron chi connectivity index (χ4n) is 1.23. The first-order chi connectivity index (χ1) is 8.04. The van der Waals surface area contributed by atoms with Gasteiger partial charge < -0.3 is 14.2 Å². The third-order valence-electron chi connectivity index (χ3n) is 2.09. The molecule has 0 heterocycles. The van der Waals surface area contributed by atoms with E-state index in [1.54, 1.807) is 0 Å². The third kappa shape index (κ3) is 2.52. The van der Waals surface area contributed by atoms with Crippen LogP contribution in [0.2, 0.25) is 0 Å². The van der Waals surface area contributed by atoms with Crippen LogP contribution in [0.4, 0.5) is 4.39 Å². The van der Waals surface area contributed by atoms with Crippen molar-refractivity contribution >= 4 is 11.8 Å². The predicted molar refractivity (Wildman–Crippen MR) is 55.9 cm³/mol. The monoisotopic (exact) mass is 242 g/mol. The molecule has 0 radical (unpaired) electrons. The first kappa shape index (κ1) is 13.0. The molecule has 0 spiro atoms. The van der Waals surface area contributed by atoms with E-state index in [1.807, 2.05) is 0 Å². The SMILES string of the molecule is COC(=O)C(=O)c1cc(OC)c(OC)cc1F. The van der Waals surface area contributed by atoms with Crippen LogP contribution < -0.4 is 9.47 Å². The standard InChI is InChI=1S/C11H11FO5/c1-15-8-4-6(10(13)11(14)17-3)7(12)5-9(8)16-2/h4-5H,1-3H3. The number of ketones is 1. The number of halogens is 1. The zero-order valence-electron chi connectivity index (χ0n) is 9.57. The molecule has 1 rings (SSSR count). The molecule has 0 amide bonds. The Hall–Kier alpha value is -2.11. The minimum absolute atomic E-state index is 0.131. The predicted octanol–water partition coefficient (Wildman–Crippen LogP) is 1.20. The Morgan fingerprint density at radius 1 is 1.06 bits per heavy atom. The lowest BCUT2D eigenvalue weighted by Crippen LogP contribution is -2.17. The highest BCUT2D eigenvalue weighted by Gasteiger charge is 2.23. The van der Waals surface area contributed by atoms with Gasteiger partial charge in [-0.1, -0.05) is 0 Å². The fourth-order valence-corrected chi connectivity index (χ4v) is 1.23. The van der Waals surface area contributed by atoms with E-state index in [0.29, 0.717) is 0 Å². The van der Waals surface area contributed by atoms with Gasteiger partial charge in [-0.15, -0.1) is 0 Å². The van der Waals surface area contributed by atoms with E-state index in [1.165, 1.54) is 14.2 Å². The average Bonchev–Trinajstić information content (AvgIpc) is 2.36. The Balaban J connectivity index is 3.26. The maximum absolute atomic E-state index is 13.5. The van der Waals surface area contributed by atoms with E-state index in [4.69, 9.17) is 9.47 Å². The van der Waals surface area contributed by atoms with Gasteiger partial charge in [0.25, 0.3) is 5.78 Å². The summed E-state index contributed by atoms with van der Waals surface area (Å²) in [5, 5.41) is 0. The topological polar surface area (TPSA) is 61.8 Å². The lowest BCUT2D eigenvalue weighted by Gasteiger charge is -2.09. The van der Waals surface area contributed by atoms with Gasteiger partial charge in [0, 0.05) is 6.07 Å². The second-order valence-corrected chi connectivity index (χ2v) is 3.01. The number of carbonyl (C=O) groups is 2. The lowest BCUT2D eigenvalue weighted by molar-refractivity contribution is -0.135. The van der Waals surface area contributed by atoms with Crippen molar-refractivity contribution < 1.29 is 28.2 Å². The van der Waals surface area contributed by atoms with Crippen molar-refractivity contribution in [2.45, 2.75) is 0 Å². The fraction of sp³-hybridized carbons (Fsp3) is 0.273. The number of hydrogen-bond donors (Lipinski definition) is 0. The van der Waals surface area contributed by atoms with Crippen LogP contribution in [0.25, 0.3) is 0 Å². The molecule has 0 atom stereocenters. The molecule has 0 aliphatic carbocycles. The smallest absolute Gasteiger partial charge is 0.379 e. The van der Waals surface area contributed by atoms with Crippen molar-refractivity contribution in [1.82, 2.24) is 0 Å². The third-order valence-corrected chi connectivity index (χ3v) is 2.09. The molecule has 0 bridgehead atoms. The maximum Gasteiger partial charge on any atom is 0.379 e. The summed E-state index contributed by atoms with van der Waals surface area (Å²) in [5.41, 5.74) is -0.422. The van der Waals surface area contributed by atoms with E-state index >= 15 is 0 Å². The van der Waals surface area contributed by atoms with Crippen LogP contribution >= 0.6 is 0 Å². The Bertz CT molecular complexity index is 455. The van der Waals surface area contributed by atoms with Gasteiger partial charge in [0.15, 0.2) is 11.5 Å². The van der Waals surface area contributed by atoms with Gasteiger partial charge in [0.1, 0.15) is 5.82 Å². The van der Waals surface area contributed by atoms with Gasteiger partial charge in [0.2, 0.25) is 0 Å². The number of ether oxygens (including phenoxy) is 3. The molecule has 0 aliphatic rings. The molecule has 92 valence electrons. The largest absolute Gasteiger partial charge is 0.493 e. The minimum Gasteiger partial charge on any atom is -0.493 e. The normalized spacial score (nSPS) is 9.65. The van der Waals surface area contributed by atoms with Crippen molar-refractivity contribution in [1.29, 1.82) is 0 Å². The van der Waals surface area contributed by atoms with Crippen molar-refractivity contribution in [3.05, 3.63) is 23.5 Å². The molecule has 1 aromatic carbocycles. The van der Waals surface area contributed by atoms with E-state index in [-0.39, 0.29) is 11.5 Å². The van der Waals surface area contributed by atoms with Gasteiger partial charge in [-0.25, -0.2) is 9.18 Å². The first-order valence-corrected chi connectivity index (χ1v) is 4.59. The number of Topliss-reactive ketones (excluding diaryl/α,β-unsaturated/α-hetero) is 1. The van der Waals surface area contributed by atoms with E-state index in [9.17, 15) is 14.0 Å². The molecule has 0 fully saturated rings.